The molecule has 3 aromatic rings. The summed E-state index contributed by atoms with van der Waals surface area (Å²) in [4.78, 5) is 18.1. The second kappa shape index (κ2) is 7.44. The lowest BCUT2D eigenvalue weighted by Gasteiger charge is -2.34. The van der Waals surface area contributed by atoms with Gasteiger partial charge in [-0.25, -0.2) is 0 Å². The molecule has 0 amide bonds. The van der Waals surface area contributed by atoms with Crippen LogP contribution in [0.15, 0.2) is 60.8 Å². The van der Waals surface area contributed by atoms with Gasteiger partial charge >= 0.3 is 0 Å². The first-order chi connectivity index (χ1) is 12.7. The number of hydrogen-bond acceptors (Lipinski definition) is 3. The number of piperidine rings is 1. The Kier molecular flexibility index (Phi) is 4.87. The Morgan fingerprint density at radius 3 is 2.54 bits per heavy atom. The van der Waals surface area contributed by atoms with Crippen LogP contribution in [0.3, 0.4) is 0 Å². The van der Waals surface area contributed by atoms with E-state index in [9.17, 15) is 9.90 Å². The smallest absolute Gasteiger partial charge is 0.178 e. The van der Waals surface area contributed by atoms with Crippen LogP contribution < -0.4 is 0 Å². The summed E-state index contributed by atoms with van der Waals surface area (Å²) in [6, 6.07) is 17.8. The van der Waals surface area contributed by atoms with Crippen LogP contribution in [0, 0.1) is 5.92 Å². The summed E-state index contributed by atoms with van der Waals surface area (Å²) in [5.41, 5.74) is 2.76. The summed E-state index contributed by atoms with van der Waals surface area (Å²) < 4.78 is 0. The molecule has 1 aromatic heterocycles. The van der Waals surface area contributed by atoms with Gasteiger partial charge in [0.05, 0.1) is 12.6 Å². The number of Topliss-reactive ketones (excluding diaryl/α,β-unsaturated/α-hetero) is 1. The standard InChI is InChI=1S/C22H24N2O2/c25-21(19-14-23-20-9-5-4-8-18(19)20)15-24-12-10-17(11-13-24)22(26)16-6-2-1-3-7-16/h1-9,14,17,22-23,26H,10-13,15H2. The number of carbonyl (C=O) groups excluding carboxylic acids is 1. The molecule has 2 aromatic carbocycles. The molecule has 2 heterocycles. The number of aliphatic hydroxyl groups excluding tert-OH is 1. The Morgan fingerprint density at radius 1 is 1.08 bits per heavy atom. The highest BCUT2D eigenvalue weighted by Gasteiger charge is 2.27. The zero-order valence-corrected chi connectivity index (χ0v) is 14.8. The normalized spacial score (nSPS) is 17.4. The van der Waals surface area contributed by atoms with Crippen molar-refractivity contribution >= 4 is 16.7 Å². The molecule has 0 spiro atoms. The average Bonchev–Trinajstić information content (AvgIpc) is 3.13. The van der Waals surface area contributed by atoms with Crippen LogP contribution in [0.2, 0.25) is 0 Å². The van der Waals surface area contributed by atoms with E-state index in [0.29, 0.717) is 6.54 Å². The first kappa shape index (κ1) is 17.0. The number of ketones is 1. The summed E-state index contributed by atoms with van der Waals surface area (Å²) in [6.45, 7) is 2.14. The van der Waals surface area contributed by atoms with Gasteiger partial charge in [-0.2, -0.15) is 0 Å². The Labute approximate surface area is 153 Å². The average molecular weight is 348 g/mol. The zero-order valence-electron chi connectivity index (χ0n) is 14.8. The predicted octanol–water partition coefficient (Wildman–Crippen LogP) is 3.80. The molecule has 26 heavy (non-hydrogen) atoms. The van der Waals surface area contributed by atoms with E-state index in [4.69, 9.17) is 0 Å². The van der Waals surface area contributed by atoms with Gasteiger partial charge in [0.15, 0.2) is 5.78 Å². The molecular weight excluding hydrogens is 324 g/mol. The molecule has 2 N–H and O–H groups in total. The minimum absolute atomic E-state index is 0.157. The molecule has 134 valence electrons. The van der Waals surface area contributed by atoms with Crippen molar-refractivity contribution in [3.63, 3.8) is 0 Å². The number of likely N-dealkylation sites (tertiary alicyclic amines) is 1. The number of H-pyrrole nitrogens is 1. The SMILES string of the molecule is O=C(CN1CCC(C(O)c2ccccc2)CC1)c1c[nH]c2ccccc12. The van der Waals surface area contributed by atoms with Crippen LogP contribution in [-0.4, -0.2) is 40.4 Å². The van der Waals surface area contributed by atoms with Gasteiger partial charge in [0.2, 0.25) is 0 Å². The minimum Gasteiger partial charge on any atom is -0.388 e. The van der Waals surface area contributed by atoms with E-state index in [-0.39, 0.29) is 11.7 Å². The van der Waals surface area contributed by atoms with Gasteiger partial charge in [0, 0.05) is 22.7 Å². The highest BCUT2D eigenvalue weighted by atomic mass is 16.3. The van der Waals surface area contributed by atoms with Crippen molar-refractivity contribution in [2.24, 2.45) is 5.92 Å². The number of aliphatic hydroxyl groups is 1. The summed E-state index contributed by atoms with van der Waals surface area (Å²) in [5.74, 6) is 0.418. The van der Waals surface area contributed by atoms with Gasteiger partial charge in [-0.1, -0.05) is 48.5 Å². The van der Waals surface area contributed by atoms with E-state index < -0.39 is 6.10 Å². The molecule has 4 nitrogen and oxygen atoms in total. The molecule has 0 aliphatic carbocycles. The molecule has 1 unspecified atom stereocenters. The Morgan fingerprint density at radius 2 is 1.77 bits per heavy atom. The molecule has 0 radical (unpaired) electrons. The Bertz CT molecular complexity index is 879. The predicted molar refractivity (Wildman–Crippen MR) is 103 cm³/mol. The maximum Gasteiger partial charge on any atom is 0.178 e. The molecule has 0 saturated carbocycles. The van der Waals surface area contributed by atoms with Crippen LogP contribution in [0.1, 0.15) is 34.9 Å². The molecule has 1 atom stereocenters. The highest BCUT2D eigenvalue weighted by Crippen LogP contribution is 2.30. The molecule has 4 rings (SSSR count). The molecule has 1 fully saturated rings. The van der Waals surface area contributed by atoms with Gasteiger partial charge in [0.1, 0.15) is 0 Å². The fourth-order valence-corrected chi connectivity index (χ4v) is 3.94. The highest BCUT2D eigenvalue weighted by molar-refractivity contribution is 6.08. The number of para-hydroxylation sites is 1. The maximum absolute atomic E-state index is 12.7. The van der Waals surface area contributed by atoms with Gasteiger partial charge in [-0.3, -0.25) is 9.69 Å². The van der Waals surface area contributed by atoms with Crippen LogP contribution in [0.5, 0.6) is 0 Å². The van der Waals surface area contributed by atoms with Crippen LogP contribution in [0.25, 0.3) is 10.9 Å². The third kappa shape index (κ3) is 3.43. The fourth-order valence-electron chi connectivity index (χ4n) is 3.94. The number of fused-ring (bicyclic) bond motifs is 1. The summed E-state index contributed by atoms with van der Waals surface area (Å²) in [6.07, 6.45) is 3.23. The number of rotatable bonds is 5. The van der Waals surface area contributed by atoms with Crippen molar-refractivity contribution in [1.82, 2.24) is 9.88 Å². The van der Waals surface area contributed by atoms with Gasteiger partial charge in [-0.05, 0) is 43.5 Å². The number of aromatic nitrogens is 1. The van der Waals surface area contributed by atoms with E-state index in [0.717, 1.165) is 48.0 Å². The molecular formula is C22H24N2O2. The van der Waals surface area contributed by atoms with Crippen molar-refractivity contribution < 1.29 is 9.90 Å². The topological polar surface area (TPSA) is 56.3 Å². The van der Waals surface area contributed by atoms with E-state index in [1.165, 1.54) is 0 Å². The van der Waals surface area contributed by atoms with Gasteiger partial charge in [-0.15, -0.1) is 0 Å². The molecule has 0 bridgehead atoms. The first-order valence-corrected chi connectivity index (χ1v) is 9.27. The summed E-state index contributed by atoms with van der Waals surface area (Å²) >= 11 is 0. The van der Waals surface area contributed by atoms with E-state index in [1.54, 1.807) is 0 Å². The molecule has 4 heteroatoms. The van der Waals surface area contributed by atoms with Crippen LogP contribution >= 0.6 is 0 Å². The number of benzene rings is 2. The molecule has 1 aliphatic heterocycles. The maximum atomic E-state index is 12.7. The summed E-state index contributed by atoms with van der Waals surface area (Å²) in [7, 11) is 0. The Balaban J connectivity index is 1.36. The van der Waals surface area contributed by atoms with Crippen LogP contribution in [-0.2, 0) is 0 Å². The summed E-state index contributed by atoms with van der Waals surface area (Å²) in [5, 5.41) is 11.6. The number of nitrogens with one attached hydrogen (secondary N) is 1. The number of hydrogen-bond donors (Lipinski definition) is 2. The second-order valence-electron chi connectivity index (χ2n) is 7.14. The molecule has 1 saturated heterocycles. The van der Waals surface area contributed by atoms with E-state index in [2.05, 4.69) is 9.88 Å². The molecule has 1 aliphatic rings. The van der Waals surface area contributed by atoms with Crippen molar-refractivity contribution in [3.8, 4) is 0 Å². The quantitative estimate of drug-likeness (QED) is 0.690. The number of nitrogens with zero attached hydrogens (tertiary/aromatic N) is 1. The van der Waals surface area contributed by atoms with Gasteiger partial charge in [0.25, 0.3) is 0 Å². The number of carbonyl (C=O) groups is 1. The fraction of sp³-hybridized carbons (Fsp3) is 0.318. The second-order valence-corrected chi connectivity index (χ2v) is 7.14. The first-order valence-electron chi connectivity index (χ1n) is 9.27. The van der Waals surface area contributed by atoms with Crippen molar-refractivity contribution in [2.75, 3.05) is 19.6 Å². The lowest BCUT2D eigenvalue weighted by atomic mass is 9.87. The largest absolute Gasteiger partial charge is 0.388 e. The number of aromatic amines is 1. The van der Waals surface area contributed by atoms with Crippen molar-refractivity contribution in [2.45, 2.75) is 18.9 Å². The van der Waals surface area contributed by atoms with Crippen LogP contribution in [0.4, 0.5) is 0 Å². The zero-order chi connectivity index (χ0) is 17.9. The van der Waals surface area contributed by atoms with Crippen molar-refractivity contribution in [3.05, 3.63) is 71.9 Å². The van der Waals surface area contributed by atoms with E-state index >= 15 is 0 Å². The van der Waals surface area contributed by atoms with E-state index in [1.807, 2.05) is 60.8 Å². The Hall–Kier alpha value is -2.43. The lowest BCUT2D eigenvalue weighted by molar-refractivity contribution is 0.0564. The van der Waals surface area contributed by atoms with Crippen molar-refractivity contribution in [1.29, 1.82) is 0 Å². The monoisotopic (exact) mass is 348 g/mol. The minimum atomic E-state index is -0.414. The third-order valence-corrected chi connectivity index (χ3v) is 5.48. The van der Waals surface area contributed by atoms with Gasteiger partial charge < -0.3 is 10.1 Å². The lowest BCUT2D eigenvalue weighted by Crippen LogP contribution is -2.38. The third-order valence-electron chi connectivity index (χ3n) is 5.48.